The summed E-state index contributed by atoms with van der Waals surface area (Å²) in [4.78, 5) is 11.2. The maximum Gasteiger partial charge on any atom is 0.341 e. The Morgan fingerprint density at radius 1 is 1.77 bits per heavy atom. The van der Waals surface area contributed by atoms with Crippen molar-refractivity contribution in [2.75, 3.05) is 6.61 Å². The van der Waals surface area contributed by atoms with E-state index in [0.29, 0.717) is 17.9 Å². The van der Waals surface area contributed by atoms with Gasteiger partial charge in [0.15, 0.2) is 0 Å². The largest absolute Gasteiger partial charge is 0.462 e. The van der Waals surface area contributed by atoms with Crippen molar-refractivity contribution >= 4 is 5.97 Å². The minimum absolute atomic E-state index is 0.231. The van der Waals surface area contributed by atoms with Crippen LogP contribution in [0.15, 0.2) is 6.20 Å². The molecule has 72 valence electrons. The molecule has 5 heteroatoms. The first-order valence-electron chi connectivity index (χ1n) is 4.01. The quantitative estimate of drug-likeness (QED) is 0.687. The van der Waals surface area contributed by atoms with E-state index in [1.807, 2.05) is 0 Å². The molecule has 13 heavy (non-hydrogen) atoms. The smallest absolute Gasteiger partial charge is 0.341 e. The summed E-state index contributed by atoms with van der Waals surface area (Å²) < 4.78 is 6.12. The van der Waals surface area contributed by atoms with Crippen molar-refractivity contribution in [3.63, 3.8) is 0 Å². The van der Waals surface area contributed by atoms with Gasteiger partial charge in [0.25, 0.3) is 0 Å². The Labute approximate surface area is 75.9 Å². The summed E-state index contributed by atoms with van der Waals surface area (Å²) in [6.07, 6.45) is 1.39. The Morgan fingerprint density at radius 3 is 2.92 bits per heavy atom. The first-order valence-corrected chi connectivity index (χ1v) is 4.01. The van der Waals surface area contributed by atoms with E-state index in [1.165, 1.54) is 10.9 Å². The van der Waals surface area contributed by atoms with E-state index in [-0.39, 0.29) is 6.73 Å². The number of hydrogen-bond acceptors (Lipinski definition) is 4. The van der Waals surface area contributed by atoms with Gasteiger partial charge in [-0.3, -0.25) is 0 Å². The van der Waals surface area contributed by atoms with Crippen LogP contribution in [0.3, 0.4) is 0 Å². The molecule has 0 aliphatic carbocycles. The number of aliphatic hydroxyl groups is 1. The van der Waals surface area contributed by atoms with E-state index >= 15 is 0 Å². The summed E-state index contributed by atoms with van der Waals surface area (Å²) in [6, 6.07) is 0. The van der Waals surface area contributed by atoms with Gasteiger partial charge in [-0.25, -0.2) is 9.48 Å². The lowest BCUT2D eigenvalue weighted by molar-refractivity contribution is 0.0525. The monoisotopic (exact) mass is 184 g/mol. The average Bonchev–Trinajstić information content (AvgIpc) is 2.47. The summed E-state index contributed by atoms with van der Waals surface area (Å²) in [6.45, 7) is 3.55. The van der Waals surface area contributed by atoms with E-state index in [4.69, 9.17) is 9.84 Å². The standard InChI is InChI=1S/C8H12N2O3/c1-3-13-8(12)7-4-9-10(5-11)6(7)2/h4,11H,3,5H2,1-2H3. The van der Waals surface area contributed by atoms with E-state index < -0.39 is 5.97 Å². The van der Waals surface area contributed by atoms with Crippen molar-refractivity contribution in [3.8, 4) is 0 Å². The van der Waals surface area contributed by atoms with Gasteiger partial charge >= 0.3 is 5.97 Å². The van der Waals surface area contributed by atoms with Gasteiger partial charge in [-0.15, -0.1) is 0 Å². The normalized spacial score (nSPS) is 10.1. The van der Waals surface area contributed by atoms with Crippen LogP contribution in [0.1, 0.15) is 23.0 Å². The molecular formula is C8H12N2O3. The van der Waals surface area contributed by atoms with Crippen molar-refractivity contribution in [1.82, 2.24) is 9.78 Å². The van der Waals surface area contributed by atoms with Crippen molar-refractivity contribution in [2.45, 2.75) is 20.6 Å². The summed E-state index contributed by atoms with van der Waals surface area (Å²) in [5.74, 6) is -0.403. The van der Waals surface area contributed by atoms with Crippen LogP contribution in [-0.2, 0) is 11.5 Å². The predicted octanol–water partition coefficient (Wildman–Crippen LogP) is 0.318. The van der Waals surface area contributed by atoms with E-state index in [0.717, 1.165) is 0 Å². The Morgan fingerprint density at radius 2 is 2.46 bits per heavy atom. The first-order chi connectivity index (χ1) is 6.20. The van der Waals surface area contributed by atoms with Crippen molar-refractivity contribution in [1.29, 1.82) is 0 Å². The Bertz CT molecular complexity index is 306. The molecule has 0 unspecified atom stereocenters. The summed E-state index contributed by atoms with van der Waals surface area (Å²) >= 11 is 0. The van der Waals surface area contributed by atoms with Gasteiger partial charge in [0, 0.05) is 0 Å². The van der Waals surface area contributed by atoms with Crippen LogP contribution in [0.2, 0.25) is 0 Å². The third-order valence-corrected chi connectivity index (χ3v) is 1.73. The van der Waals surface area contributed by atoms with Gasteiger partial charge in [-0.2, -0.15) is 5.10 Å². The number of ether oxygens (including phenoxy) is 1. The molecule has 0 saturated carbocycles. The van der Waals surface area contributed by atoms with Crippen molar-refractivity contribution < 1.29 is 14.6 Å². The Balaban J connectivity index is 2.89. The Kier molecular flexibility index (Phi) is 3.02. The van der Waals surface area contributed by atoms with Crippen LogP contribution in [0.25, 0.3) is 0 Å². The summed E-state index contributed by atoms with van der Waals surface area (Å²) in [5, 5.41) is 12.6. The molecule has 0 spiro atoms. The first kappa shape index (κ1) is 9.73. The third kappa shape index (κ3) is 1.86. The molecule has 1 rings (SSSR count). The van der Waals surface area contributed by atoms with Gasteiger partial charge in [0.2, 0.25) is 0 Å². The predicted molar refractivity (Wildman–Crippen MR) is 45.1 cm³/mol. The second kappa shape index (κ2) is 4.04. The zero-order chi connectivity index (χ0) is 9.84. The molecule has 0 aliphatic rings. The van der Waals surface area contributed by atoms with Gasteiger partial charge in [-0.1, -0.05) is 0 Å². The van der Waals surface area contributed by atoms with Crippen molar-refractivity contribution in [3.05, 3.63) is 17.5 Å². The van der Waals surface area contributed by atoms with E-state index in [1.54, 1.807) is 13.8 Å². The Hall–Kier alpha value is -1.36. The fraction of sp³-hybridized carbons (Fsp3) is 0.500. The number of carbonyl (C=O) groups is 1. The van der Waals surface area contributed by atoms with Gasteiger partial charge in [-0.05, 0) is 13.8 Å². The third-order valence-electron chi connectivity index (χ3n) is 1.73. The van der Waals surface area contributed by atoms with Crippen LogP contribution >= 0.6 is 0 Å². The molecule has 0 bridgehead atoms. The zero-order valence-corrected chi connectivity index (χ0v) is 7.65. The molecule has 1 heterocycles. The molecule has 0 atom stereocenters. The lowest BCUT2D eigenvalue weighted by Crippen LogP contribution is -2.07. The molecule has 1 N–H and O–H groups in total. The maximum atomic E-state index is 11.2. The molecule has 1 aromatic heterocycles. The second-order valence-electron chi connectivity index (χ2n) is 2.51. The van der Waals surface area contributed by atoms with Crippen LogP contribution in [-0.4, -0.2) is 27.5 Å². The topological polar surface area (TPSA) is 64.3 Å². The number of aliphatic hydroxyl groups excluding tert-OH is 1. The van der Waals surface area contributed by atoms with E-state index in [9.17, 15) is 4.79 Å². The molecule has 5 nitrogen and oxygen atoms in total. The molecule has 1 aromatic rings. The SMILES string of the molecule is CCOC(=O)c1cnn(CO)c1C. The fourth-order valence-electron chi connectivity index (χ4n) is 0.998. The fourth-order valence-corrected chi connectivity index (χ4v) is 0.998. The van der Waals surface area contributed by atoms with Gasteiger partial charge < -0.3 is 9.84 Å². The van der Waals surface area contributed by atoms with E-state index in [2.05, 4.69) is 5.10 Å². The number of carbonyl (C=O) groups excluding carboxylic acids is 1. The molecular weight excluding hydrogens is 172 g/mol. The highest BCUT2D eigenvalue weighted by Crippen LogP contribution is 2.07. The number of esters is 1. The molecule has 0 fully saturated rings. The van der Waals surface area contributed by atoms with Crippen LogP contribution in [0.5, 0.6) is 0 Å². The highest BCUT2D eigenvalue weighted by molar-refractivity contribution is 5.90. The number of rotatable bonds is 3. The lowest BCUT2D eigenvalue weighted by atomic mass is 10.3. The van der Waals surface area contributed by atoms with Crippen LogP contribution in [0.4, 0.5) is 0 Å². The number of nitrogens with zero attached hydrogens (tertiary/aromatic N) is 2. The zero-order valence-electron chi connectivity index (χ0n) is 7.65. The summed E-state index contributed by atoms with van der Waals surface area (Å²) in [5.41, 5.74) is 1.01. The average molecular weight is 184 g/mol. The van der Waals surface area contributed by atoms with Crippen molar-refractivity contribution in [2.24, 2.45) is 0 Å². The number of aromatic nitrogens is 2. The van der Waals surface area contributed by atoms with Gasteiger partial charge in [0.1, 0.15) is 12.3 Å². The highest BCUT2D eigenvalue weighted by Gasteiger charge is 2.14. The van der Waals surface area contributed by atoms with Crippen LogP contribution < -0.4 is 0 Å². The maximum absolute atomic E-state index is 11.2. The molecule has 0 saturated heterocycles. The molecule has 0 radical (unpaired) electrons. The minimum atomic E-state index is -0.403. The lowest BCUT2D eigenvalue weighted by Gasteiger charge is -2.01. The highest BCUT2D eigenvalue weighted by atomic mass is 16.5. The number of hydrogen-bond donors (Lipinski definition) is 1. The molecule has 0 aliphatic heterocycles. The minimum Gasteiger partial charge on any atom is -0.462 e. The second-order valence-corrected chi connectivity index (χ2v) is 2.51. The van der Waals surface area contributed by atoms with Crippen LogP contribution in [0, 0.1) is 6.92 Å². The molecule has 0 aromatic carbocycles. The van der Waals surface area contributed by atoms with Gasteiger partial charge in [0.05, 0.1) is 18.5 Å². The summed E-state index contributed by atoms with van der Waals surface area (Å²) in [7, 11) is 0. The molecule has 0 amide bonds.